The molecule has 2 nitrogen and oxygen atoms in total. The Kier molecular flexibility index (Phi) is 6.30. The molecule has 0 radical (unpaired) electrons. The van der Waals surface area contributed by atoms with Crippen LogP contribution in [0.25, 0.3) is 0 Å². The van der Waals surface area contributed by atoms with Gasteiger partial charge in [0.25, 0.3) is 0 Å². The number of benzene rings is 1. The maximum absolute atomic E-state index is 13.6. The van der Waals surface area contributed by atoms with Gasteiger partial charge in [-0.1, -0.05) is 39.0 Å². The molecule has 1 aromatic carbocycles. The zero-order valence-electron chi connectivity index (χ0n) is 11.7. The summed E-state index contributed by atoms with van der Waals surface area (Å²) in [7, 11) is 0. The van der Waals surface area contributed by atoms with Crippen LogP contribution in [-0.4, -0.2) is 24.5 Å². The average Bonchev–Trinajstić information content (AvgIpc) is 2.34. The number of hydrogen-bond acceptors (Lipinski definition) is 2. The van der Waals surface area contributed by atoms with E-state index >= 15 is 0 Å². The molecule has 0 heterocycles. The highest BCUT2D eigenvalue weighted by molar-refractivity contribution is 5.20. The Morgan fingerprint density at radius 3 is 2.50 bits per heavy atom. The molecule has 1 aromatic rings. The molecular formula is C15H25FN2. The molecule has 0 aliphatic heterocycles. The lowest BCUT2D eigenvalue weighted by molar-refractivity contribution is 0.246. The highest BCUT2D eigenvalue weighted by Crippen LogP contribution is 2.18. The summed E-state index contributed by atoms with van der Waals surface area (Å²) in [5, 5.41) is 0. The van der Waals surface area contributed by atoms with Crippen molar-refractivity contribution in [2.24, 2.45) is 11.7 Å². The van der Waals surface area contributed by atoms with Crippen molar-refractivity contribution in [3.8, 4) is 0 Å². The fourth-order valence-corrected chi connectivity index (χ4v) is 2.15. The van der Waals surface area contributed by atoms with Crippen molar-refractivity contribution < 1.29 is 4.39 Å². The van der Waals surface area contributed by atoms with Crippen LogP contribution < -0.4 is 5.73 Å². The van der Waals surface area contributed by atoms with Gasteiger partial charge in [-0.2, -0.15) is 0 Å². The smallest absolute Gasteiger partial charge is 0.127 e. The minimum Gasteiger partial charge on any atom is -0.324 e. The van der Waals surface area contributed by atoms with E-state index in [0.29, 0.717) is 11.5 Å². The van der Waals surface area contributed by atoms with Gasteiger partial charge in [0, 0.05) is 18.2 Å². The molecule has 0 spiro atoms. The first-order chi connectivity index (χ1) is 8.54. The van der Waals surface area contributed by atoms with Crippen molar-refractivity contribution in [3.05, 3.63) is 35.6 Å². The topological polar surface area (TPSA) is 29.3 Å². The Morgan fingerprint density at radius 2 is 1.94 bits per heavy atom. The minimum atomic E-state index is -0.215. The monoisotopic (exact) mass is 252 g/mol. The van der Waals surface area contributed by atoms with E-state index in [1.165, 1.54) is 6.07 Å². The van der Waals surface area contributed by atoms with Crippen LogP contribution in [0.2, 0.25) is 0 Å². The first-order valence-electron chi connectivity index (χ1n) is 6.77. The van der Waals surface area contributed by atoms with Gasteiger partial charge in [0.1, 0.15) is 5.82 Å². The van der Waals surface area contributed by atoms with E-state index in [1.807, 2.05) is 6.07 Å². The number of hydrogen-bond donors (Lipinski definition) is 1. The fourth-order valence-electron chi connectivity index (χ4n) is 2.15. The normalized spacial score (nSPS) is 13.3. The fraction of sp³-hybridized carbons (Fsp3) is 0.600. The zero-order chi connectivity index (χ0) is 13.5. The number of rotatable bonds is 7. The Hall–Kier alpha value is -0.930. The van der Waals surface area contributed by atoms with E-state index in [2.05, 4.69) is 25.7 Å². The van der Waals surface area contributed by atoms with E-state index in [1.54, 1.807) is 12.1 Å². The Labute approximate surface area is 110 Å². The molecule has 0 aliphatic carbocycles. The van der Waals surface area contributed by atoms with Gasteiger partial charge in [-0.25, -0.2) is 4.39 Å². The van der Waals surface area contributed by atoms with E-state index < -0.39 is 0 Å². The predicted octanol–water partition coefficient (Wildman–Crippen LogP) is 3.19. The van der Waals surface area contributed by atoms with Crippen LogP contribution in [0.1, 0.15) is 38.8 Å². The summed E-state index contributed by atoms with van der Waals surface area (Å²) in [5.74, 6) is 0.451. The van der Waals surface area contributed by atoms with Gasteiger partial charge >= 0.3 is 0 Å². The average molecular weight is 252 g/mol. The summed E-state index contributed by atoms with van der Waals surface area (Å²) < 4.78 is 13.6. The van der Waals surface area contributed by atoms with E-state index in [4.69, 9.17) is 5.73 Å². The molecule has 0 aliphatic rings. The standard InChI is InChI=1S/C15H25FN2/c1-4-18(11-12(2)3)10-9-15(17)13-7-5-6-8-14(13)16/h5-8,12,15H,4,9-11,17H2,1-3H3. The van der Waals surface area contributed by atoms with Crippen molar-refractivity contribution in [1.29, 1.82) is 0 Å². The summed E-state index contributed by atoms with van der Waals surface area (Å²) >= 11 is 0. The third-order valence-electron chi connectivity index (χ3n) is 3.13. The molecule has 102 valence electrons. The first kappa shape index (κ1) is 15.1. The molecule has 1 atom stereocenters. The minimum absolute atomic E-state index is 0.197. The SMILES string of the molecule is CCN(CCC(N)c1ccccc1F)CC(C)C. The van der Waals surface area contributed by atoms with Crippen LogP contribution >= 0.6 is 0 Å². The number of nitrogens with two attached hydrogens (primary N) is 1. The highest BCUT2D eigenvalue weighted by Gasteiger charge is 2.12. The largest absolute Gasteiger partial charge is 0.324 e. The van der Waals surface area contributed by atoms with Gasteiger partial charge in [-0.3, -0.25) is 0 Å². The lowest BCUT2D eigenvalue weighted by Crippen LogP contribution is -2.30. The number of nitrogens with zero attached hydrogens (tertiary/aromatic N) is 1. The van der Waals surface area contributed by atoms with Crippen molar-refractivity contribution in [2.75, 3.05) is 19.6 Å². The van der Waals surface area contributed by atoms with Gasteiger partial charge < -0.3 is 10.6 Å². The number of halogens is 1. The second-order valence-electron chi connectivity index (χ2n) is 5.20. The summed E-state index contributed by atoms with van der Waals surface area (Å²) in [6.45, 7) is 9.57. The van der Waals surface area contributed by atoms with Gasteiger partial charge in [0.05, 0.1) is 0 Å². The highest BCUT2D eigenvalue weighted by atomic mass is 19.1. The lowest BCUT2D eigenvalue weighted by Gasteiger charge is -2.24. The maximum Gasteiger partial charge on any atom is 0.127 e. The summed E-state index contributed by atoms with van der Waals surface area (Å²) in [5.41, 5.74) is 6.69. The molecular weight excluding hydrogens is 227 g/mol. The van der Waals surface area contributed by atoms with E-state index in [9.17, 15) is 4.39 Å². The Bertz CT molecular complexity index is 352. The van der Waals surface area contributed by atoms with Crippen molar-refractivity contribution in [2.45, 2.75) is 33.2 Å². The molecule has 1 rings (SSSR count). The molecule has 0 aromatic heterocycles. The predicted molar refractivity (Wildman–Crippen MR) is 74.9 cm³/mol. The second-order valence-corrected chi connectivity index (χ2v) is 5.20. The lowest BCUT2D eigenvalue weighted by atomic mass is 10.0. The molecule has 0 saturated heterocycles. The van der Waals surface area contributed by atoms with Gasteiger partial charge in [-0.15, -0.1) is 0 Å². The van der Waals surface area contributed by atoms with Crippen molar-refractivity contribution in [1.82, 2.24) is 4.90 Å². The molecule has 3 heteroatoms. The van der Waals surface area contributed by atoms with Gasteiger partial charge in [0.15, 0.2) is 0 Å². The second kappa shape index (κ2) is 7.49. The molecule has 1 unspecified atom stereocenters. The molecule has 0 amide bonds. The Morgan fingerprint density at radius 1 is 1.28 bits per heavy atom. The van der Waals surface area contributed by atoms with Crippen LogP contribution in [0, 0.1) is 11.7 Å². The molecule has 0 bridgehead atoms. The third kappa shape index (κ3) is 4.75. The van der Waals surface area contributed by atoms with Crippen molar-refractivity contribution >= 4 is 0 Å². The third-order valence-corrected chi connectivity index (χ3v) is 3.13. The maximum atomic E-state index is 13.6. The Balaban J connectivity index is 2.50. The van der Waals surface area contributed by atoms with Crippen LogP contribution in [0.4, 0.5) is 4.39 Å². The summed E-state index contributed by atoms with van der Waals surface area (Å²) in [6, 6.07) is 6.57. The molecule has 0 saturated carbocycles. The zero-order valence-corrected chi connectivity index (χ0v) is 11.7. The summed E-state index contributed by atoms with van der Waals surface area (Å²) in [4.78, 5) is 2.37. The van der Waals surface area contributed by atoms with Gasteiger partial charge in [-0.05, 0) is 31.5 Å². The van der Waals surface area contributed by atoms with Gasteiger partial charge in [0.2, 0.25) is 0 Å². The van der Waals surface area contributed by atoms with Crippen LogP contribution in [0.5, 0.6) is 0 Å². The van der Waals surface area contributed by atoms with E-state index in [-0.39, 0.29) is 11.9 Å². The first-order valence-corrected chi connectivity index (χ1v) is 6.77. The molecule has 0 fully saturated rings. The summed E-state index contributed by atoms with van der Waals surface area (Å²) in [6.07, 6.45) is 0.793. The van der Waals surface area contributed by atoms with Crippen LogP contribution in [0.15, 0.2) is 24.3 Å². The van der Waals surface area contributed by atoms with E-state index in [0.717, 1.165) is 26.1 Å². The van der Waals surface area contributed by atoms with Crippen molar-refractivity contribution in [3.63, 3.8) is 0 Å². The quantitative estimate of drug-likeness (QED) is 0.807. The van der Waals surface area contributed by atoms with Crippen LogP contribution in [0.3, 0.4) is 0 Å². The molecule has 2 N–H and O–H groups in total. The molecule has 18 heavy (non-hydrogen) atoms. The van der Waals surface area contributed by atoms with Crippen LogP contribution in [-0.2, 0) is 0 Å².